The Labute approximate surface area is 163 Å². The van der Waals surface area contributed by atoms with Crippen LogP contribution in [0, 0.1) is 0 Å². The summed E-state index contributed by atoms with van der Waals surface area (Å²) in [7, 11) is -1.99. The van der Waals surface area contributed by atoms with Crippen LogP contribution >= 0.6 is 23.4 Å². The van der Waals surface area contributed by atoms with Gasteiger partial charge in [-0.05, 0) is 56.3 Å². The maximum absolute atomic E-state index is 12.4. The van der Waals surface area contributed by atoms with Crippen LogP contribution in [0.2, 0.25) is 5.02 Å². The van der Waals surface area contributed by atoms with Gasteiger partial charge in [0, 0.05) is 28.7 Å². The summed E-state index contributed by atoms with van der Waals surface area (Å²) in [6.07, 6.45) is 0. The summed E-state index contributed by atoms with van der Waals surface area (Å²) in [4.78, 5) is 13.2. The summed E-state index contributed by atoms with van der Waals surface area (Å²) in [6.45, 7) is 3.62. The lowest BCUT2D eigenvalue weighted by Gasteiger charge is -2.21. The number of amides is 1. The number of hydrogen-bond acceptors (Lipinski definition) is 4. The van der Waals surface area contributed by atoms with E-state index in [-0.39, 0.29) is 22.6 Å². The fraction of sp³-hybridized carbons (Fsp3) is 0.278. The monoisotopic (exact) mass is 412 g/mol. The van der Waals surface area contributed by atoms with E-state index < -0.39 is 10.0 Å². The molecular formula is C18H21ClN2O3S2. The molecule has 2 aromatic carbocycles. The van der Waals surface area contributed by atoms with Crippen LogP contribution in [0.25, 0.3) is 0 Å². The highest BCUT2D eigenvalue weighted by Gasteiger charge is 2.22. The van der Waals surface area contributed by atoms with Crippen LogP contribution < -0.4 is 5.32 Å². The molecule has 2 aromatic rings. The van der Waals surface area contributed by atoms with E-state index in [2.05, 4.69) is 5.32 Å². The first-order valence-corrected chi connectivity index (χ1v) is 10.8. The number of nitrogens with one attached hydrogen (secondary N) is 1. The van der Waals surface area contributed by atoms with Gasteiger partial charge >= 0.3 is 0 Å². The van der Waals surface area contributed by atoms with E-state index in [1.165, 1.54) is 28.2 Å². The van der Waals surface area contributed by atoms with E-state index in [1.54, 1.807) is 31.3 Å². The molecule has 0 fully saturated rings. The first-order valence-electron chi connectivity index (χ1n) is 7.96. The highest BCUT2D eigenvalue weighted by molar-refractivity contribution is 8.00. The molecule has 8 heteroatoms. The number of carbonyl (C=O) groups excluding carboxylic acids is 1. The number of thioether (sulfide) groups is 1. The molecule has 26 heavy (non-hydrogen) atoms. The van der Waals surface area contributed by atoms with Crippen molar-refractivity contribution in [1.29, 1.82) is 0 Å². The highest BCUT2D eigenvalue weighted by Crippen LogP contribution is 2.22. The fourth-order valence-electron chi connectivity index (χ4n) is 2.06. The van der Waals surface area contributed by atoms with Gasteiger partial charge in [0.1, 0.15) is 0 Å². The van der Waals surface area contributed by atoms with E-state index in [0.29, 0.717) is 10.7 Å². The highest BCUT2D eigenvalue weighted by atomic mass is 35.5. The number of rotatable bonds is 7. The maximum atomic E-state index is 12.4. The number of halogens is 1. The molecule has 5 nitrogen and oxygen atoms in total. The Morgan fingerprint density at radius 2 is 1.85 bits per heavy atom. The van der Waals surface area contributed by atoms with Crippen molar-refractivity contribution in [2.24, 2.45) is 0 Å². The lowest BCUT2D eigenvalue weighted by molar-refractivity contribution is -0.113. The van der Waals surface area contributed by atoms with E-state index in [1.807, 2.05) is 26.0 Å². The topological polar surface area (TPSA) is 66.5 Å². The molecule has 0 spiro atoms. The number of carbonyl (C=O) groups is 1. The Hall–Kier alpha value is -1.54. The molecule has 0 bridgehead atoms. The van der Waals surface area contributed by atoms with Crippen LogP contribution in [0.3, 0.4) is 0 Å². The van der Waals surface area contributed by atoms with E-state index >= 15 is 0 Å². The van der Waals surface area contributed by atoms with Crippen molar-refractivity contribution in [3.63, 3.8) is 0 Å². The second-order valence-electron chi connectivity index (χ2n) is 5.93. The number of anilines is 1. The number of benzene rings is 2. The van der Waals surface area contributed by atoms with Gasteiger partial charge < -0.3 is 5.32 Å². The Morgan fingerprint density at radius 3 is 2.42 bits per heavy atom. The van der Waals surface area contributed by atoms with Crippen molar-refractivity contribution in [2.75, 3.05) is 18.1 Å². The molecule has 0 aliphatic carbocycles. The summed E-state index contributed by atoms with van der Waals surface area (Å²) < 4.78 is 26.1. The molecule has 0 saturated heterocycles. The van der Waals surface area contributed by atoms with Gasteiger partial charge in [-0.25, -0.2) is 8.42 Å². The molecule has 1 N–H and O–H groups in total. The van der Waals surface area contributed by atoms with Gasteiger partial charge in [0.05, 0.1) is 10.6 Å². The smallest absolute Gasteiger partial charge is 0.243 e. The number of sulfonamides is 1. The largest absolute Gasteiger partial charge is 0.325 e. The van der Waals surface area contributed by atoms with Gasteiger partial charge in [0.2, 0.25) is 15.9 Å². The van der Waals surface area contributed by atoms with Crippen LogP contribution in [0.15, 0.2) is 58.3 Å². The summed E-state index contributed by atoms with van der Waals surface area (Å²) in [5.41, 5.74) is 0.549. The molecule has 0 heterocycles. The Morgan fingerprint density at radius 1 is 1.19 bits per heavy atom. The molecule has 2 rings (SSSR count). The summed E-state index contributed by atoms with van der Waals surface area (Å²) in [6, 6.07) is 13.3. The predicted molar refractivity (Wildman–Crippen MR) is 107 cm³/mol. The fourth-order valence-corrected chi connectivity index (χ4v) is 4.43. The van der Waals surface area contributed by atoms with E-state index in [0.717, 1.165) is 4.90 Å². The second kappa shape index (κ2) is 8.90. The summed E-state index contributed by atoms with van der Waals surface area (Å²) >= 11 is 7.29. The van der Waals surface area contributed by atoms with Gasteiger partial charge in [-0.15, -0.1) is 11.8 Å². The molecule has 0 unspecified atom stereocenters. The maximum Gasteiger partial charge on any atom is 0.243 e. The van der Waals surface area contributed by atoms with Crippen LogP contribution in [0.4, 0.5) is 5.69 Å². The Balaban J connectivity index is 1.97. The third-order valence-corrected chi connectivity index (χ3v) is 6.98. The zero-order valence-corrected chi connectivity index (χ0v) is 17.2. The normalized spacial score (nSPS) is 11.8. The van der Waals surface area contributed by atoms with Crippen molar-refractivity contribution in [2.45, 2.75) is 29.7 Å². The molecule has 140 valence electrons. The van der Waals surface area contributed by atoms with Crippen LogP contribution in [0.5, 0.6) is 0 Å². The second-order valence-corrected chi connectivity index (χ2v) is 9.42. The minimum Gasteiger partial charge on any atom is -0.325 e. The standard InChI is InChI=1S/C18H21ClN2O3S2/c1-13(2)21(3)26(23,24)17-9-7-15(8-10-17)20-18(22)12-25-16-6-4-5-14(19)11-16/h4-11,13H,12H2,1-3H3,(H,20,22). The quantitative estimate of drug-likeness (QED) is 0.695. The van der Waals surface area contributed by atoms with Crippen LogP contribution in [-0.2, 0) is 14.8 Å². The Bertz CT molecular complexity index is 868. The van der Waals surface area contributed by atoms with Crippen molar-refractivity contribution < 1.29 is 13.2 Å². The minimum atomic E-state index is -3.53. The first-order chi connectivity index (χ1) is 12.2. The number of hydrogen-bond donors (Lipinski definition) is 1. The van der Waals surface area contributed by atoms with E-state index in [4.69, 9.17) is 11.6 Å². The lowest BCUT2D eigenvalue weighted by Crippen LogP contribution is -2.33. The molecule has 0 atom stereocenters. The van der Waals surface area contributed by atoms with Gasteiger partial charge in [-0.2, -0.15) is 4.31 Å². The molecular weight excluding hydrogens is 392 g/mol. The summed E-state index contributed by atoms with van der Waals surface area (Å²) in [5, 5.41) is 3.38. The van der Waals surface area contributed by atoms with Crippen LogP contribution in [-0.4, -0.2) is 37.5 Å². The molecule has 1 amide bonds. The molecule has 0 radical (unpaired) electrons. The van der Waals surface area contributed by atoms with Gasteiger partial charge in [-0.3, -0.25) is 4.79 Å². The first kappa shape index (κ1) is 20.8. The van der Waals surface area contributed by atoms with Crippen LogP contribution in [0.1, 0.15) is 13.8 Å². The average molecular weight is 413 g/mol. The third-order valence-electron chi connectivity index (χ3n) is 3.71. The minimum absolute atomic E-state index is 0.136. The lowest BCUT2D eigenvalue weighted by atomic mass is 10.3. The summed E-state index contributed by atoms with van der Waals surface area (Å²) in [5.74, 6) is 0.0566. The van der Waals surface area contributed by atoms with Crippen molar-refractivity contribution in [3.8, 4) is 0 Å². The zero-order chi connectivity index (χ0) is 19.3. The zero-order valence-electron chi connectivity index (χ0n) is 14.8. The van der Waals surface area contributed by atoms with Crippen molar-refractivity contribution in [3.05, 3.63) is 53.6 Å². The van der Waals surface area contributed by atoms with E-state index in [9.17, 15) is 13.2 Å². The molecule has 0 saturated carbocycles. The molecule has 0 aromatic heterocycles. The number of nitrogens with zero attached hydrogens (tertiary/aromatic N) is 1. The van der Waals surface area contributed by atoms with Gasteiger partial charge in [-0.1, -0.05) is 17.7 Å². The Kier molecular flexibility index (Phi) is 7.11. The predicted octanol–water partition coefficient (Wildman–Crippen LogP) is 4.10. The van der Waals surface area contributed by atoms with Gasteiger partial charge in [0.15, 0.2) is 0 Å². The van der Waals surface area contributed by atoms with Gasteiger partial charge in [0.25, 0.3) is 0 Å². The third kappa shape index (κ3) is 5.48. The van der Waals surface area contributed by atoms with Crippen molar-refractivity contribution >= 4 is 45.0 Å². The molecule has 0 aliphatic heterocycles. The SMILES string of the molecule is CC(C)N(C)S(=O)(=O)c1ccc(NC(=O)CSc2cccc(Cl)c2)cc1. The average Bonchev–Trinajstić information content (AvgIpc) is 2.59. The molecule has 0 aliphatic rings. The van der Waals surface area contributed by atoms with Crippen molar-refractivity contribution in [1.82, 2.24) is 4.31 Å².